The average Bonchev–Trinajstić information content (AvgIpc) is 2.98. The van der Waals surface area contributed by atoms with Gasteiger partial charge in [-0.05, 0) is 36.1 Å². The number of imidazole rings is 1. The van der Waals surface area contributed by atoms with Crippen LogP contribution < -0.4 is 5.32 Å². The summed E-state index contributed by atoms with van der Waals surface area (Å²) in [7, 11) is 0. The van der Waals surface area contributed by atoms with Gasteiger partial charge in [0.15, 0.2) is 0 Å². The molecule has 5 nitrogen and oxygen atoms in total. The second-order valence-electron chi connectivity index (χ2n) is 5.62. The summed E-state index contributed by atoms with van der Waals surface area (Å²) in [6, 6.07) is 17.1. The molecule has 0 aliphatic heterocycles. The van der Waals surface area contributed by atoms with E-state index in [9.17, 15) is 4.79 Å². The Morgan fingerprint density at radius 3 is 2.72 bits per heavy atom. The summed E-state index contributed by atoms with van der Waals surface area (Å²) in [6.07, 6.45) is 2.02. The number of amides is 1. The lowest BCUT2D eigenvalue weighted by Crippen LogP contribution is -2.27. The minimum atomic E-state index is -0.0603. The van der Waals surface area contributed by atoms with E-state index in [0.717, 1.165) is 28.2 Å². The third-order valence-electron chi connectivity index (χ3n) is 3.88. The highest BCUT2D eigenvalue weighted by atomic mass is 32.2. The molecule has 0 bridgehead atoms. The van der Waals surface area contributed by atoms with Gasteiger partial charge in [0.25, 0.3) is 0 Å². The van der Waals surface area contributed by atoms with Gasteiger partial charge in [0.2, 0.25) is 5.91 Å². The molecule has 0 spiro atoms. The summed E-state index contributed by atoms with van der Waals surface area (Å²) in [4.78, 5) is 17.0. The van der Waals surface area contributed by atoms with Crippen molar-refractivity contribution in [1.29, 1.82) is 5.26 Å². The van der Waals surface area contributed by atoms with E-state index in [2.05, 4.69) is 16.4 Å². The number of nitrogens with one attached hydrogen (secondary N) is 1. The first-order valence-electron chi connectivity index (χ1n) is 7.90. The van der Waals surface area contributed by atoms with Crippen molar-refractivity contribution in [3.63, 3.8) is 0 Å². The van der Waals surface area contributed by atoms with Gasteiger partial charge in [0.1, 0.15) is 12.4 Å². The number of thioether (sulfide) groups is 1. The molecule has 0 unspecified atom stereocenters. The van der Waals surface area contributed by atoms with Crippen LogP contribution in [0.1, 0.15) is 17.0 Å². The molecule has 6 heteroatoms. The fraction of sp³-hybridized carbons (Fsp3) is 0.211. The monoisotopic (exact) mass is 350 g/mol. The number of nitriles is 1. The third-order valence-corrected chi connectivity index (χ3v) is 4.43. The fourth-order valence-electron chi connectivity index (χ4n) is 2.64. The number of rotatable bonds is 6. The maximum Gasteiger partial charge on any atom is 0.240 e. The molecule has 126 valence electrons. The molecule has 0 fully saturated rings. The van der Waals surface area contributed by atoms with E-state index < -0.39 is 0 Å². The molecule has 2 aromatic carbocycles. The molecule has 1 amide bonds. The molecule has 25 heavy (non-hydrogen) atoms. The summed E-state index contributed by atoms with van der Waals surface area (Å²) >= 11 is 1.68. The van der Waals surface area contributed by atoms with Gasteiger partial charge in [-0.1, -0.05) is 24.3 Å². The summed E-state index contributed by atoms with van der Waals surface area (Å²) in [5, 5.41) is 11.7. The van der Waals surface area contributed by atoms with Gasteiger partial charge in [-0.15, -0.1) is 0 Å². The lowest BCUT2D eigenvalue weighted by atomic mass is 10.1. The summed E-state index contributed by atoms with van der Waals surface area (Å²) in [5.74, 6) is 1.61. The number of nitrogens with zero attached hydrogens (tertiary/aromatic N) is 3. The summed E-state index contributed by atoms with van der Waals surface area (Å²) < 4.78 is 1.97. The third kappa shape index (κ3) is 4.01. The van der Waals surface area contributed by atoms with Crippen molar-refractivity contribution >= 4 is 28.7 Å². The predicted octanol–water partition coefficient (Wildman–Crippen LogP) is 3.09. The highest BCUT2D eigenvalue weighted by Crippen LogP contribution is 2.18. The van der Waals surface area contributed by atoms with Crippen LogP contribution in [0, 0.1) is 11.3 Å². The lowest BCUT2D eigenvalue weighted by molar-refractivity contribution is -0.121. The predicted molar refractivity (Wildman–Crippen MR) is 100.0 cm³/mol. The Balaban J connectivity index is 1.70. The Morgan fingerprint density at radius 1 is 1.24 bits per heavy atom. The van der Waals surface area contributed by atoms with E-state index in [1.165, 1.54) is 0 Å². The maximum atomic E-state index is 12.4. The number of hydrogen-bond donors (Lipinski definition) is 1. The quantitative estimate of drug-likeness (QED) is 0.742. The fourth-order valence-corrected chi connectivity index (χ4v) is 3.12. The van der Waals surface area contributed by atoms with Crippen LogP contribution in [-0.4, -0.2) is 21.7 Å². The van der Waals surface area contributed by atoms with E-state index in [1.54, 1.807) is 23.9 Å². The Morgan fingerprint density at radius 2 is 2.00 bits per heavy atom. The second kappa shape index (κ2) is 7.86. The minimum Gasteiger partial charge on any atom is -0.350 e. The van der Waals surface area contributed by atoms with Crippen LogP contribution >= 0.6 is 11.8 Å². The molecule has 0 aliphatic rings. The molecular formula is C19H18N4OS. The minimum absolute atomic E-state index is 0.0603. The zero-order valence-electron chi connectivity index (χ0n) is 13.9. The van der Waals surface area contributed by atoms with Crippen LogP contribution in [0.2, 0.25) is 0 Å². The lowest BCUT2D eigenvalue weighted by Gasteiger charge is -2.10. The van der Waals surface area contributed by atoms with E-state index in [4.69, 9.17) is 5.26 Å². The van der Waals surface area contributed by atoms with Crippen molar-refractivity contribution in [2.24, 2.45) is 0 Å². The van der Waals surface area contributed by atoms with Crippen LogP contribution in [0.5, 0.6) is 0 Å². The van der Waals surface area contributed by atoms with Gasteiger partial charge >= 0.3 is 0 Å². The molecular weight excluding hydrogens is 332 g/mol. The standard InChI is InChI=1S/C19H18N4OS/c1-25-13-18-22-16-4-2-3-5-17(16)23(18)12-19(24)21-11-15-8-6-14(10-20)7-9-15/h2-9H,11-13H2,1H3,(H,21,24). The van der Waals surface area contributed by atoms with E-state index >= 15 is 0 Å². The smallest absolute Gasteiger partial charge is 0.240 e. The molecule has 0 saturated heterocycles. The van der Waals surface area contributed by atoms with Gasteiger partial charge in [0, 0.05) is 6.54 Å². The Bertz CT molecular complexity index is 925. The number of aromatic nitrogens is 2. The second-order valence-corrected chi connectivity index (χ2v) is 6.49. The molecule has 3 aromatic rings. The molecule has 1 heterocycles. The summed E-state index contributed by atoms with van der Waals surface area (Å²) in [6.45, 7) is 0.682. The van der Waals surface area contributed by atoms with E-state index in [-0.39, 0.29) is 12.5 Å². The van der Waals surface area contributed by atoms with Crippen molar-refractivity contribution in [2.45, 2.75) is 18.8 Å². The molecule has 3 rings (SSSR count). The van der Waals surface area contributed by atoms with Gasteiger partial charge < -0.3 is 9.88 Å². The zero-order chi connectivity index (χ0) is 17.6. The van der Waals surface area contributed by atoms with Crippen LogP contribution in [0.3, 0.4) is 0 Å². The van der Waals surface area contributed by atoms with Gasteiger partial charge in [0.05, 0.1) is 28.4 Å². The highest BCUT2D eigenvalue weighted by Gasteiger charge is 2.13. The van der Waals surface area contributed by atoms with E-state index in [0.29, 0.717) is 12.1 Å². The summed E-state index contributed by atoms with van der Waals surface area (Å²) in [5.41, 5.74) is 3.46. The van der Waals surface area contributed by atoms with Crippen molar-refractivity contribution in [2.75, 3.05) is 6.26 Å². The number of carbonyl (C=O) groups is 1. The number of para-hydroxylation sites is 2. The Kier molecular flexibility index (Phi) is 5.36. The number of carbonyl (C=O) groups excluding carboxylic acids is 1. The van der Waals surface area contributed by atoms with Crippen molar-refractivity contribution in [3.8, 4) is 6.07 Å². The average molecular weight is 350 g/mol. The van der Waals surface area contributed by atoms with Gasteiger partial charge in [-0.2, -0.15) is 17.0 Å². The molecule has 1 aromatic heterocycles. The van der Waals surface area contributed by atoms with Crippen LogP contribution in [0.4, 0.5) is 0 Å². The van der Waals surface area contributed by atoms with Gasteiger partial charge in [-0.25, -0.2) is 4.98 Å². The highest BCUT2D eigenvalue weighted by molar-refractivity contribution is 7.97. The first-order chi connectivity index (χ1) is 12.2. The molecule has 0 saturated carbocycles. The van der Waals surface area contributed by atoms with Crippen molar-refractivity contribution < 1.29 is 4.79 Å². The number of hydrogen-bond acceptors (Lipinski definition) is 4. The molecule has 0 aliphatic carbocycles. The number of benzene rings is 2. The van der Waals surface area contributed by atoms with Crippen LogP contribution in [0.25, 0.3) is 11.0 Å². The topological polar surface area (TPSA) is 70.7 Å². The first kappa shape index (κ1) is 17.1. The van der Waals surface area contributed by atoms with Gasteiger partial charge in [-0.3, -0.25) is 4.79 Å². The van der Waals surface area contributed by atoms with Crippen molar-refractivity contribution in [3.05, 3.63) is 65.5 Å². The number of fused-ring (bicyclic) bond motifs is 1. The normalized spacial score (nSPS) is 10.6. The molecule has 0 radical (unpaired) electrons. The maximum absolute atomic E-state index is 12.4. The Labute approximate surface area is 150 Å². The largest absolute Gasteiger partial charge is 0.350 e. The van der Waals surface area contributed by atoms with Crippen LogP contribution in [-0.2, 0) is 23.6 Å². The molecule has 0 atom stereocenters. The van der Waals surface area contributed by atoms with E-state index in [1.807, 2.05) is 47.2 Å². The zero-order valence-corrected chi connectivity index (χ0v) is 14.7. The SMILES string of the molecule is CSCc1nc2ccccc2n1CC(=O)NCc1ccc(C#N)cc1. The Hall–Kier alpha value is -2.78. The molecule has 1 N–H and O–H groups in total. The van der Waals surface area contributed by atoms with Crippen LogP contribution in [0.15, 0.2) is 48.5 Å². The first-order valence-corrected chi connectivity index (χ1v) is 9.29. The van der Waals surface area contributed by atoms with Crippen molar-refractivity contribution in [1.82, 2.24) is 14.9 Å².